The Balaban J connectivity index is 1.29. The van der Waals surface area contributed by atoms with Gasteiger partial charge in [-0.1, -0.05) is 24.3 Å². The smallest absolute Gasteiger partial charge is 0.262 e. The molecule has 0 radical (unpaired) electrons. The van der Waals surface area contributed by atoms with Gasteiger partial charge in [0, 0.05) is 24.3 Å². The van der Waals surface area contributed by atoms with E-state index in [1.54, 1.807) is 41.3 Å². The van der Waals surface area contributed by atoms with E-state index in [0.29, 0.717) is 30.2 Å². The molecule has 4 rings (SSSR count). The molecule has 1 fully saturated rings. The van der Waals surface area contributed by atoms with E-state index in [-0.39, 0.29) is 18.4 Å². The standard InChI is InChI=1S/C24H22N2O4/c27-23(25-18-6-4-7-19(16-18)26-15-5-10-24(26)28)17-29-20-11-13-22(14-12-20)30-21-8-2-1-3-9-21/h1-4,6-9,11-14,16H,5,10,15,17H2,(H,25,27). The predicted octanol–water partition coefficient (Wildman–Crippen LogP) is 4.62. The first-order chi connectivity index (χ1) is 14.7. The Labute approximate surface area is 175 Å². The summed E-state index contributed by atoms with van der Waals surface area (Å²) in [6.45, 7) is 0.592. The number of nitrogens with zero attached hydrogens (tertiary/aromatic N) is 1. The summed E-state index contributed by atoms with van der Waals surface area (Å²) in [5.41, 5.74) is 1.43. The van der Waals surface area contributed by atoms with Gasteiger partial charge in [-0.25, -0.2) is 0 Å². The van der Waals surface area contributed by atoms with Gasteiger partial charge in [-0.15, -0.1) is 0 Å². The number of hydrogen-bond acceptors (Lipinski definition) is 4. The van der Waals surface area contributed by atoms with Gasteiger partial charge in [-0.05, 0) is 61.0 Å². The van der Waals surface area contributed by atoms with Crippen molar-refractivity contribution in [1.82, 2.24) is 0 Å². The van der Waals surface area contributed by atoms with E-state index in [0.717, 1.165) is 17.9 Å². The van der Waals surface area contributed by atoms with Gasteiger partial charge in [-0.3, -0.25) is 9.59 Å². The van der Waals surface area contributed by atoms with Crippen LogP contribution in [0.2, 0.25) is 0 Å². The van der Waals surface area contributed by atoms with Crippen molar-refractivity contribution in [3.63, 3.8) is 0 Å². The number of nitrogens with one attached hydrogen (secondary N) is 1. The molecule has 0 unspecified atom stereocenters. The molecule has 3 aromatic carbocycles. The summed E-state index contributed by atoms with van der Waals surface area (Å²) in [7, 11) is 0. The first kappa shape index (κ1) is 19.5. The second-order valence-corrected chi connectivity index (χ2v) is 6.92. The van der Waals surface area contributed by atoms with Crippen LogP contribution in [0.1, 0.15) is 12.8 Å². The monoisotopic (exact) mass is 402 g/mol. The molecule has 0 spiro atoms. The van der Waals surface area contributed by atoms with Crippen LogP contribution in [0.4, 0.5) is 11.4 Å². The van der Waals surface area contributed by atoms with Crippen LogP contribution in [-0.2, 0) is 9.59 Å². The SMILES string of the molecule is O=C(COc1ccc(Oc2ccccc2)cc1)Nc1cccc(N2CCCC2=O)c1. The van der Waals surface area contributed by atoms with Crippen LogP contribution < -0.4 is 19.7 Å². The zero-order valence-corrected chi connectivity index (χ0v) is 16.4. The van der Waals surface area contributed by atoms with Gasteiger partial charge in [0.25, 0.3) is 5.91 Å². The maximum atomic E-state index is 12.2. The maximum Gasteiger partial charge on any atom is 0.262 e. The average Bonchev–Trinajstić information content (AvgIpc) is 3.20. The Morgan fingerprint density at radius 1 is 0.900 bits per heavy atom. The topological polar surface area (TPSA) is 67.9 Å². The van der Waals surface area contributed by atoms with Crippen LogP contribution in [0.25, 0.3) is 0 Å². The highest BCUT2D eigenvalue weighted by Gasteiger charge is 2.21. The average molecular weight is 402 g/mol. The van der Waals surface area contributed by atoms with Crippen molar-refractivity contribution in [3.8, 4) is 17.2 Å². The summed E-state index contributed by atoms with van der Waals surface area (Å²) < 4.78 is 11.3. The molecule has 1 saturated heterocycles. The minimum atomic E-state index is -0.274. The molecular weight excluding hydrogens is 380 g/mol. The van der Waals surface area contributed by atoms with Gasteiger partial charge in [0.05, 0.1) is 0 Å². The number of hydrogen-bond donors (Lipinski definition) is 1. The third-order valence-corrected chi connectivity index (χ3v) is 4.69. The molecule has 6 heteroatoms. The number of carbonyl (C=O) groups excluding carboxylic acids is 2. The largest absolute Gasteiger partial charge is 0.484 e. The quantitative estimate of drug-likeness (QED) is 0.626. The van der Waals surface area contributed by atoms with Crippen molar-refractivity contribution in [3.05, 3.63) is 78.9 Å². The van der Waals surface area contributed by atoms with E-state index in [9.17, 15) is 9.59 Å². The zero-order valence-electron chi connectivity index (χ0n) is 16.4. The molecule has 1 aliphatic heterocycles. The number of amides is 2. The Morgan fingerprint density at radius 3 is 2.37 bits per heavy atom. The van der Waals surface area contributed by atoms with Crippen molar-refractivity contribution < 1.29 is 19.1 Å². The first-order valence-electron chi connectivity index (χ1n) is 9.83. The molecular formula is C24H22N2O4. The Kier molecular flexibility index (Phi) is 5.94. The number of anilines is 2. The molecule has 1 N–H and O–H groups in total. The van der Waals surface area contributed by atoms with Crippen molar-refractivity contribution in [2.24, 2.45) is 0 Å². The molecule has 1 heterocycles. The molecule has 0 aliphatic carbocycles. The highest BCUT2D eigenvalue weighted by atomic mass is 16.5. The minimum absolute atomic E-state index is 0.113. The summed E-state index contributed by atoms with van der Waals surface area (Å²) in [6, 6.07) is 23.9. The minimum Gasteiger partial charge on any atom is -0.484 e. The van der Waals surface area contributed by atoms with Crippen molar-refractivity contribution in [2.45, 2.75) is 12.8 Å². The molecule has 152 valence electrons. The molecule has 1 aliphatic rings. The number of ether oxygens (including phenoxy) is 2. The second-order valence-electron chi connectivity index (χ2n) is 6.92. The molecule has 0 aromatic heterocycles. The van der Waals surface area contributed by atoms with Gasteiger partial charge in [0.2, 0.25) is 5.91 Å². The highest BCUT2D eigenvalue weighted by molar-refractivity contribution is 5.97. The van der Waals surface area contributed by atoms with Crippen molar-refractivity contribution in [1.29, 1.82) is 0 Å². The fourth-order valence-electron chi connectivity index (χ4n) is 3.25. The van der Waals surface area contributed by atoms with Gasteiger partial charge >= 0.3 is 0 Å². The zero-order chi connectivity index (χ0) is 20.8. The lowest BCUT2D eigenvalue weighted by Crippen LogP contribution is -2.24. The second kappa shape index (κ2) is 9.13. The van der Waals surface area contributed by atoms with Crippen molar-refractivity contribution >= 4 is 23.2 Å². The van der Waals surface area contributed by atoms with Crippen LogP contribution in [-0.4, -0.2) is 25.0 Å². The third kappa shape index (κ3) is 4.97. The molecule has 2 amide bonds. The summed E-state index contributed by atoms with van der Waals surface area (Å²) in [5, 5.41) is 2.81. The lowest BCUT2D eigenvalue weighted by atomic mass is 10.2. The van der Waals surface area contributed by atoms with E-state index in [1.807, 2.05) is 42.5 Å². The van der Waals surface area contributed by atoms with Gasteiger partial charge < -0.3 is 19.7 Å². The normalized spacial score (nSPS) is 13.2. The Hall–Kier alpha value is -3.80. The molecule has 30 heavy (non-hydrogen) atoms. The Morgan fingerprint density at radius 2 is 1.63 bits per heavy atom. The molecule has 0 atom stereocenters. The van der Waals surface area contributed by atoms with Crippen LogP contribution >= 0.6 is 0 Å². The number of rotatable bonds is 7. The van der Waals surface area contributed by atoms with E-state index >= 15 is 0 Å². The van der Waals surface area contributed by atoms with Crippen LogP contribution in [0.5, 0.6) is 17.2 Å². The lowest BCUT2D eigenvalue weighted by Gasteiger charge is -2.16. The van der Waals surface area contributed by atoms with E-state index in [4.69, 9.17) is 9.47 Å². The molecule has 0 saturated carbocycles. The molecule has 3 aromatic rings. The predicted molar refractivity (Wildman–Crippen MR) is 115 cm³/mol. The van der Waals surface area contributed by atoms with Crippen LogP contribution in [0.15, 0.2) is 78.9 Å². The van der Waals surface area contributed by atoms with E-state index in [2.05, 4.69) is 5.32 Å². The summed E-state index contributed by atoms with van der Waals surface area (Å²) in [6.07, 6.45) is 1.43. The Bertz CT molecular complexity index is 1020. The lowest BCUT2D eigenvalue weighted by molar-refractivity contribution is -0.118. The van der Waals surface area contributed by atoms with E-state index < -0.39 is 0 Å². The van der Waals surface area contributed by atoms with E-state index in [1.165, 1.54) is 0 Å². The van der Waals surface area contributed by atoms with Gasteiger partial charge in [0.15, 0.2) is 6.61 Å². The maximum absolute atomic E-state index is 12.2. The van der Waals surface area contributed by atoms with Gasteiger partial charge in [0.1, 0.15) is 17.2 Å². The van der Waals surface area contributed by atoms with Gasteiger partial charge in [-0.2, -0.15) is 0 Å². The first-order valence-corrected chi connectivity index (χ1v) is 9.83. The highest BCUT2D eigenvalue weighted by Crippen LogP contribution is 2.25. The summed E-state index contributed by atoms with van der Waals surface area (Å²) in [5.74, 6) is 1.85. The molecule has 0 bridgehead atoms. The van der Waals surface area contributed by atoms with Crippen LogP contribution in [0, 0.1) is 0 Å². The number of para-hydroxylation sites is 1. The summed E-state index contributed by atoms with van der Waals surface area (Å²) >= 11 is 0. The summed E-state index contributed by atoms with van der Waals surface area (Å²) in [4.78, 5) is 25.9. The van der Waals surface area contributed by atoms with Crippen molar-refractivity contribution in [2.75, 3.05) is 23.4 Å². The number of carbonyl (C=O) groups is 2. The fraction of sp³-hybridized carbons (Fsp3) is 0.167. The molecule has 6 nitrogen and oxygen atoms in total. The number of benzene rings is 3. The third-order valence-electron chi connectivity index (χ3n) is 4.69. The van der Waals surface area contributed by atoms with Crippen LogP contribution in [0.3, 0.4) is 0 Å². The fourth-order valence-corrected chi connectivity index (χ4v) is 3.25.